The number of carboxylic acids is 1. The predicted octanol–water partition coefficient (Wildman–Crippen LogP) is 4.56. The zero-order valence-electron chi connectivity index (χ0n) is 11.8. The van der Waals surface area contributed by atoms with Crippen molar-refractivity contribution in [1.29, 1.82) is 0 Å². The minimum Gasteiger partial charge on any atom is -0.481 e. The van der Waals surface area contributed by atoms with E-state index in [0.29, 0.717) is 6.07 Å². The monoisotopic (exact) mass is 278 g/mol. The first-order chi connectivity index (χ1) is 9.00. The summed E-state index contributed by atoms with van der Waals surface area (Å²) in [4.78, 5) is 10.2. The quantitative estimate of drug-likeness (QED) is 0.819. The van der Waals surface area contributed by atoms with Crippen LogP contribution in [0, 0.1) is 17.5 Å². The highest BCUT2D eigenvalue weighted by atomic mass is 19.2. The third kappa shape index (κ3) is 8.24. The molecule has 0 spiro atoms. The van der Waals surface area contributed by atoms with Crippen molar-refractivity contribution in [2.24, 2.45) is 0 Å². The van der Waals surface area contributed by atoms with Crippen LogP contribution in [0.3, 0.4) is 0 Å². The summed E-state index contributed by atoms with van der Waals surface area (Å²) in [6.07, 6.45) is 0.144. The number of carbonyl (C=O) groups is 1. The molecule has 0 fully saturated rings. The third-order valence-corrected chi connectivity index (χ3v) is 1.93. The Morgan fingerprint density at radius 3 is 1.95 bits per heavy atom. The van der Waals surface area contributed by atoms with Gasteiger partial charge in [0.2, 0.25) is 0 Å². The van der Waals surface area contributed by atoms with E-state index in [9.17, 15) is 18.0 Å². The van der Waals surface area contributed by atoms with Gasteiger partial charge in [-0.05, 0) is 24.5 Å². The van der Waals surface area contributed by atoms with Crippen LogP contribution in [0.2, 0.25) is 0 Å². The minimum atomic E-state index is -1.24. The summed E-state index contributed by atoms with van der Waals surface area (Å²) in [6, 6.07) is 1.22. The Hall–Kier alpha value is -1.52. The zero-order valence-corrected chi connectivity index (χ0v) is 11.8. The molecule has 0 saturated heterocycles. The molecule has 0 unspecified atom stereocenters. The lowest BCUT2D eigenvalue weighted by Gasteiger charge is -2.02. The van der Waals surface area contributed by atoms with E-state index >= 15 is 0 Å². The van der Waals surface area contributed by atoms with E-state index in [1.807, 2.05) is 27.7 Å². The number of halogens is 3. The second-order valence-electron chi connectivity index (χ2n) is 3.11. The highest BCUT2D eigenvalue weighted by Crippen LogP contribution is 2.15. The molecule has 1 rings (SSSR count). The largest absolute Gasteiger partial charge is 0.481 e. The summed E-state index contributed by atoms with van der Waals surface area (Å²) in [7, 11) is 0. The van der Waals surface area contributed by atoms with Gasteiger partial charge < -0.3 is 5.11 Å². The molecule has 0 radical (unpaired) electrons. The Morgan fingerprint density at radius 1 is 1.00 bits per heavy atom. The summed E-state index contributed by atoms with van der Waals surface area (Å²) in [6.45, 7) is 8.00. The molecule has 0 aliphatic rings. The third-order valence-electron chi connectivity index (χ3n) is 1.93. The van der Waals surface area contributed by atoms with Gasteiger partial charge in [-0.25, -0.2) is 13.2 Å². The van der Waals surface area contributed by atoms with Crippen LogP contribution >= 0.6 is 0 Å². The zero-order chi connectivity index (χ0) is 15.4. The lowest BCUT2D eigenvalue weighted by atomic mass is 10.1. The Balaban J connectivity index is 0. The molecule has 5 heteroatoms. The number of aryl methyl sites for hydroxylation is 1. The summed E-state index contributed by atoms with van der Waals surface area (Å²) in [5.41, 5.74) is -0.00449. The molecule has 0 aliphatic carbocycles. The molecule has 110 valence electrons. The number of rotatable bonds is 4. The molecular formula is C14H21F3O2. The fraction of sp³-hybridized carbons (Fsp3) is 0.500. The standard InChI is InChI=1S/C10H9F3O2.2C2H6/c11-7-5-9(13)8(12)4-6(7)2-1-3-10(14)15;2*1-2/h4-5H,1-3H2,(H,14,15);2*1-2H3. The normalized spacial score (nSPS) is 8.79. The van der Waals surface area contributed by atoms with Gasteiger partial charge in [0.25, 0.3) is 0 Å². The van der Waals surface area contributed by atoms with Gasteiger partial charge in [0, 0.05) is 12.5 Å². The number of hydrogen-bond acceptors (Lipinski definition) is 1. The second-order valence-corrected chi connectivity index (χ2v) is 3.11. The van der Waals surface area contributed by atoms with E-state index in [-0.39, 0.29) is 24.8 Å². The molecule has 0 bridgehead atoms. The SMILES string of the molecule is CC.CC.O=C(O)CCCc1cc(F)c(F)cc1F. The van der Waals surface area contributed by atoms with Crippen molar-refractivity contribution in [3.05, 3.63) is 35.1 Å². The van der Waals surface area contributed by atoms with Crippen molar-refractivity contribution in [3.63, 3.8) is 0 Å². The van der Waals surface area contributed by atoms with Crippen LogP contribution < -0.4 is 0 Å². The molecule has 19 heavy (non-hydrogen) atoms. The fourth-order valence-corrected chi connectivity index (χ4v) is 1.19. The molecule has 0 atom stereocenters. The average molecular weight is 278 g/mol. The van der Waals surface area contributed by atoms with Gasteiger partial charge in [-0.2, -0.15) is 0 Å². The van der Waals surface area contributed by atoms with Crippen LogP contribution in [-0.4, -0.2) is 11.1 Å². The van der Waals surface area contributed by atoms with Crippen LogP contribution in [0.25, 0.3) is 0 Å². The van der Waals surface area contributed by atoms with Crippen molar-refractivity contribution >= 4 is 5.97 Å². The van der Waals surface area contributed by atoms with Crippen LogP contribution in [-0.2, 0) is 11.2 Å². The van der Waals surface area contributed by atoms with Crippen molar-refractivity contribution in [2.75, 3.05) is 0 Å². The lowest BCUT2D eigenvalue weighted by Crippen LogP contribution is -1.99. The van der Waals surface area contributed by atoms with Crippen LogP contribution in [0.15, 0.2) is 12.1 Å². The summed E-state index contributed by atoms with van der Waals surface area (Å²) in [5, 5.41) is 8.33. The number of carboxylic acid groups (broad SMARTS) is 1. The molecule has 1 N–H and O–H groups in total. The Morgan fingerprint density at radius 2 is 1.47 bits per heavy atom. The molecule has 0 amide bonds. The number of benzene rings is 1. The van der Waals surface area contributed by atoms with Crippen LogP contribution in [0.1, 0.15) is 46.1 Å². The topological polar surface area (TPSA) is 37.3 Å². The Kier molecular flexibility index (Phi) is 12.1. The highest BCUT2D eigenvalue weighted by Gasteiger charge is 2.09. The predicted molar refractivity (Wildman–Crippen MR) is 69.6 cm³/mol. The van der Waals surface area contributed by atoms with Gasteiger partial charge in [-0.1, -0.05) is 27.7 Å². The molecule has 0 aliphatic heterocycles. The van der Waals surface area contributed by atoms with Crippen molar-refractivity contribution in [1.82, 2.24) is 0 Å². The van der Waals surface area contributed by atoms with E-state index in [2.05, 4.69) is 0 Å². The number of hydrogen-bond donors (Lipinski definition) is 1. The van der Waals surface area contributed by atoms with E-state index in [4.69, 9.17) is 5.11 Å². The first-order valence-electron chi connectivity index (χ1n) is 6.36. The molecule has 0 saturated carbocycles. The Labute approximate surface area is 112 Å². The highest BCUT2D eigenvalue weighted by molar-refractivity contribution is 5.66. The lowest BCUT2D eigenvalue weighted by molar-refractivity contribution is -0.137. The number of aliphatic carboxylic acids is 1. The minimum absolute atomic E-state index is 0.00449. The van der Waals surface area contributed by atoms with Gasteiger partial charge in [0.05, 0.1) is 0 Å². The average Bonchev–Trinajstić information content (AvgIpc) is 2.40. The molecule has 2 nitrogen and oxygen atoms in total. The van der Waals surface area contributed by atoms with Gasteiger partial charge in [-0.15, -0.1) is 0 Å². The molecule has 0 heterocycles. The molecular weight excluding hydrogens is 257 g/mol. The van der Waals surface area contributed by atoms with E-state index in [1.54, 1.807) is 0 Å². The maximum absolute atomic E-state index is 13.0. The van der Waals surface area contributed by atoms with Crippen LogP contribution in [0.5, 0.6) is 0 Å². The van der Waals surface area contributed by atoms with E-state index in [0.717, 1.165) is 6.07 Å². The first kappa shape index (κ1) is 19.8. The molecule has 0 aromatic heterocycles. The first-order valence-corrected chi connectivity index (χ1v) is 6.36. The second kappa shape index (κ2) is 11.6. The van der Waals surface area contributed by atoms with Crippen molar-refractivity contribution in [3.8, 4) is 0 Å². The van der Waals surface area contributed by atoms with Crippen molar-refractivity contribution in [2.45, 2.75) is 47.0 Å². The summed E-state index contributed by atoms with van der Waals surface area (Å²) < 4.78 is 38.2. The smallest absolute Gasteiger partial charge is 0.303 e. The molecule has 1 aromatic carbocycles. The summed E-state index contributed by atoms with van der Waals surface area (Å²) in [5.74, 6) is -4.21. The fourth-order valence-electron chi connectivity index (χ4n) is 1.19. The van der Waals surface area contributed by atoms with E-state index < -0.39 is 23.4 Å². The van der Waals surface area contributed by atoms with E-state index in [1.165, 1.54) is 0 Å². The summed E-state index contributed by atoms with van der Waals surface area (Å²) >= 11 is 0. The van der Waals surface area contributed by atoms with Gasteiger partial charge >= 0.3 is 5.97 Å². The van der Waals surface area contributed by atoms with Crippen molar-refractivity contribution < 1.29 is 23.1 Å². The molecule has 1 aromatic rings. The Bertz CT molecular complexity index is 379. The maximum Gasteiger partial charge on any atom is 0.303 e. The van der Waals surface area contributed by atoms with Gasteiger partial charge in [-0.3, -0.25) is 4.79 Å². The van der Waals surface area contributed by atoms with Gasteiger partial charge in [0.15, 0.2) is 11.6 Å². The van der Waals surface area contributed by atoms with Crippen LogP contribution in [0.4, 0.5) is 13.2 Å². The van der Waals surface area contributed by atoms with Gasteiger partial charge in [0.1, 0.15) is 5.82 Å². The maximum atomic E-state index is 13.0.